The van der Waals surface area contributed by atoms with Crippen LogP contribution in [0.3, 0.4) is 0 Å². The van der Waals surface area contributed by atoms with Gasteiger partial charge in [0.25, 0.3) is 0 Å². The smallest absolute Gasteiger partial charge is 0.165 e. The molecule has 0 amide bonds. The third-order valence-electron chi connectivity index (χ3n) is 3.03. The molecule has 0 radical (unpaired) electrons. The maximum Gasteiger partial charge on any atom is 0.165 e. The molecule has 5 nitrogen and oxygen atoms in total. The first-order valence-corrected chi connectivity index (χ1v) is 6.52. The highest BCUT2D eigenvalue weighted by molar-refractivity contribution is 5.49. The van der Waals surface area contributed by atoms with Crippen LogP contribution in [0, 0.1) is 0 Å². The average Bonchev–Trinajstić information content (AvgIpc) is 2.52. The Hall–Kier alpha value is -2.14. The Kier molecular flexibility index (Phi) is 4.90. The summed E-state index contributed by atoms with van der Waals surface area (Å²) < 4.78 is 10.9. The fourth-order valence-corrected chi connectivity index (χ4v) is 2.18. The first-order chi connectivity index (χ1) is 9.81. The van der Waals surface area contributed by atoms with Gasteiger partial charge in [0, 0.05) is 18.0 Å². The van der Waals surface area contributed by atoms with Gasteiger partial charge in [0.2, 0.25) is 0 Å². The van der Waals surface area contributed by atoms with E-state index in [2.05, 4.69) is 22.2 Å². The first-order valence-electron chi connectivity index (χ1n) is 6.52. The molecule has 0 saturated heterocycles. The minimum absolute atomic E-state index is 0.0845. The van der Waals surface area contributed by atoms with E-state index in [0.29, 0.717) is 11.5 Å². The molecule has 0 fully saturated rings. The van der Waals surface area contributed by atoms with Crippen LogP contribution in [0.2, 0.25) is 0 Å². The van der Waals surface area contributed by atoms with Crippen LogP contribution in [0.25, 0.3) is 0 Å². The number of methoxy groups -OCH3 is 2. The molecule has 1 heterocycles. The van der Waals surface area contributed by atoms with Gasteiger partial charge in [-0.05, 0) is 12.6 Å². The van der Waals surface area contributed by atoms with Crippen LogP contribution in [0.4, 0.5) is 0 Å². The van der Waals surface area contributed by atoms with Crippen molar-refractivity contribution in [3.8, 4) is 11.5 Å². The van der Waals surface area contributed by atoms with Crippen LogP contribution in [0.5, 0.6) is 11.5 Å². The Balaban J connectivity index is 2.49. The third kappa shape index (κ3) is 2.88. The minimum Gasteiger partial charge on any atom is -0.493 e. The van der Waals surface area contributed by atoms with Crippen molar-refractivity contribution in [3.05, 3.63) is 48.0 Å². The van der Waals surface area contributed by atoms with Crippen LogP contribution in [-0.2, 0) is 0 Å². The fraction of sp³-hybridized carbons (Fsp3) is 0.333. The van der Waals surface area contributed by atoms with E-state index < -0.39 is 0 Å². The van der Waals surface area contributed by atoms with Crippen molar-refractivity contribution in [1.29, 1.82) is 0 Å². The van der Waals surface area contributed by atoms with Gasteiger partial charge in [-0.3, -0.25) is 9.97 Å². The van der Waals surface area contributed by atoms with E-state index in [1.54, 1.807) is 32.8 Å². The number of ether oxygens (including phenoxy) is 2. The second kappa shape index (κ2) is 6.86. The lowest BCUT2D eigenvalue weighted by atomic mass is 10.0. The third-order valence-corrected chi connectivity index (χ3v) is 3.03. The van der Waals surface area contributed by atoms with E-state index in [1.807, 2.05) is 18.2 Å². The average molecular weight is 273 g/mol. The van der Waals surface area contributed by atoms with Crippen LogP contribution in [0.1, 0.15) is 24.2 Å². The second-order valence-corrected chi connectivity index (χ2v) is 4.20. The minimum atomic E-state index is -0.0845. The van der Waals surface area contributed by atoms with E-state index >= 15 is 0 Å². The zero-order valence-electron chi connectivity index (χ0n) is 12.0. The number of aromatic nitrogens is 2. The molecular weight excluding hydrogens is 254 g/mol. The first kappa shape index (κ1) is 14.3. The Morgan fingerprint density at radius 2 is 2.05 bits per heavy atom. The monoisotopic (exact) mass is 273 g/mol. The molecule has 2 aromatic rings. The van der Waals surface area contributed by atoms with Crippen molar-refractivity contribution in [2.75, 3.05) is 20.8 Å². The second-order valence-electron chi connectivity index (χ2n) is 4.20. The molecule has 1 unspecified atom stereocenters. The Bertz CT molecular complexity index is 546. The van der Waals surface area contributed by atoms with Crippen LogP contribution < -0.4 is 14.8 Å². The molecule has 0 aliphatic carbocycles. The Labute approximate surface area is 119 Å². The molecule has 106 valence electrons. The molecule has 1 aromatic heterocycles. The number of nitrogens with one attached hydrogen (secondary N) is 1. The maximum atomic E-state index is 5.50. The molecule has 0 saturated carbocycles. The molecule has 1 N–H and O–H groups in total. The van der Waals surface area contributed by atoms with E-state index in [4.69, 9.17) is 9.47 Å². The summed E-state index contributed by atoms with van der Waals surface area (Å²) in [6.45, 7) is 2.86. The highest BCUT2D eigenvalue weighted by Gasteiger charge is 2.21. The predicted molar refractivity (Wildman–Crippen MR) is 77.1 cm³/mol. The number of para-hydroxylation sites is 1. The van der Waals surface area contributed by atoms with Gasteiger partial charge < -0.3 is 14.8 Å². The standard InChI is InChI=1S/C15H19N3O2/c1-4-17-14(12-10-16-8-9-18-12)11-6-5-7-13(19-2)15(11)20-3/h5-10,14,17H,4H2,1-3H3. The normalized spacial score (nSPS) is 11.9. The van der Waals surface area contributed by atoms with E-state index in [9.17, 15) is 0 Å². The lowest BCUT2D eigenvalue weighted by Gasteiger charge is -2.21. The maximum absolute atomic E-state index is 5.50. The van der Waals surface area contributed by atoms with Crippen LogP contribution in [0.15, 0.2) is 36.8 Å². The largest absolute Gasteiger partial charge is 0.493 e. The number of nitrogens with zero attached hydrogens (tertiary/aromatic N) is 2. The Morgan fingerprint density at radius 1 is 1.20 bits per heavy atom. The molecule has 1 atom stereocenters. The summed E-state index contributed by atoms with van der Waals surface area (Å²) in [5.74, 6) is 1.42. The molecule has 2 rings (SSSR count). The summed E-state index contributed by atoms with van der Waals surface area (Å²) in [6.07, 6.45) is 5.11. The van der Waals surface area contributed by atoms with Crippen molar-refractivity contribution in [2.45, 2.75) is 13.0 Å². The molecule has 0 spiro atoms. The van der Waals surface area contributed by atoms with Gasteiger partial charge in [0.05, 0.1) is 32.2 Å². The number of hydrogen-bond donors (Lipinski definition) is 1. The summed E-state index contributed by atoms with van der Waals surface area (Å²) in [6, 6.07) is 5.74. The summed E-state index contributed by atoms with van der Waals surface area (Å²) in [7, 11) is 3.27. The van der Waals surface area contributed by atoms with Gasteiger partial charge in [0.15, 0.2) is 11.5 Å². The Morgan fingerprint density at radius 3 is 2.65 bits per heavy atom. The topological polar surface area (TPSA) is 56.3 Å². The van der Waals surface area contributed by atoms with Gasteiger partial charge >= 0.3 is 0 Å². The van der Waals surface area contributed by atoms with Crippen LogP contribution in [-0.4, -0.2) is 30.7 Å². The number of rotatable bonds is 6. The lowest BCUT2D eigenvalue weighted by Crippen LogP contribution is -2.23. The molecule has 0 aliphatic heterocycles. The number of benzene rings is 1. The van der Waals surface area contributed by atoms with E-state index in [0.717, 1.165) is 17.8 Å². The van der Waals surface area contributed by atoms with E-state index in [1.165, 1.54) is 0 Å². The van der Waals surface area contributed by atoms with Crippen molar-refractivity contribution in [1.82, 2.24) is 15.3 Å². The summed E-state index contributed by atoms with van der Waals surface area (Å²) in [5.41, 5.74) is 1.83. The van der Waals surface area contributed by atoms with Gasteiger partial charge in [0.1, 0.15) is 0 Å². The van der Waals surface area contributed by atoms with Crippen molar-refractivity contribution in [2.24, 2.45) is 0 Å². The van der Waals surface area contributed by atoms with Crippen molar-refractivity contribution < 1.29 is 9.47 Å². The van der Waals surface area contributed by atoms with Crippen molar-refractivity contribution >= 4 is 0 Å². The van der Waals surface area contributed by atoms with E-state index in [-0.39, 0.29) is 6.04 Å². The highest BCUT2D eigenvalue weighted by atomic mass is 16.5. The SMILES string of the molecule is CCNC(c1cnccn1)c1cccc(OC)c1OC. The molecule has 0 aliphatic rings. The summed E-state index contributed by atoms with van der Waals surface area (Å²) in [5, 5.41) is 3.40. The van der Waals surface area contributed by atoms with Gasteiger partial charge in [-0.2, -0.15) is 0 Å². The van der Waals surface area contributed by atoms with Crippen LogP contribution >= 0.6 is 0 Å². The molecular formula is C15H19N3O2. The molecule has 0 bridgehead atoms. The van der Waals surface area contributed by atoms with Gasteiger partial charge in [-0.1, -0.05) is 19.1 Å². The zero-order chi connectivity index (χ0) is 14.4. The van der Waals surface area contributed by atoms with Gasteiger partial charge in [-0.15, -0.1) is 0 Å². The van der Waals surface area contributed by atoms with Gasteiger partial charge in [-0.25, -0.2) is 0 Å². The molecule has 20 heavy (non-hydrogen) atoms. The highest BCUT2D eigenvalue weighted by Crippen LogP contribution is 2.36. The molecule has 1 aromatic carbocycles. The lowest BCUT2D eigenvalue weighted by molar-refractivity contribution is 0.348. The summed E-state index contributed by atoms with van der Waals surface area (Å²) in [4.78, 5) is 8.52. The predicted octanol–water partition coefficient (Wildman–Crippen LogP) is 2.19. The van der Waals surface area contributed by atoms with Crippen molar-refractivity contribution in [3.63, 3.8) is 0 Å². The fourth-order valence-electron chi connectivity index (χ4n) is 2.18. The zero-order valence-corrected chi connectivity index (χ0v) is 12.0. The molecule has 5 heteroatoms. The quantitative estimate of drug-likeness (QED) is 0.874. The summed E-state index contributed by atoms with van der Waals surface area (Å²) >= 11 is 0. The number of hydrogen-bond acceptors (Lipinski definition) is 5.